The average molecular weight is 192 g/mol. The van der Waals surface area contributed by atoms with E-state index >= 15 is 0 Å². The molecule has 0 amide bonds. The summed E-state index contributed by atoms with van der Waals surface area (Å²) >= 11 is 0. The van der Waals surface area contributed by atoms with Gasteiger partial charge in [0, 0.05) is 5.75 Å². The molecule has 1 rings (SSSR count). The van der Waals surface area contributed by atoms with Crippen molar-refractivity contribution >= 4 is 21.6 Å². The first-order chi connectivity index (χ1) is 5.18. The summed E-state index contributed by atoms with van der Waals surface area (Å²) in [7, 11) is 3.83. The smallest absolute Gasteiger partial charge is 0.113 e. The second kappa shape index (κ2) is 4.63. The molecular formula is C8H16OS2. The van der Waals surface area contributed by atoms with Crippen LogP contribution < -0.4 is 0 Å². The van der Waals surface area contributed by atoms with Crippen molar-refractivity contribution in [2.24, 2.45) is 5.92 Å². The van der Waals surface area contributed by atoms with Gasteiger partial charge in [-0.15, -0.1) is 0 Å². The van der Waals surface area contributed by atoms with E-state index in [2.05, 4.69) is 20.8 Å². The van der Waals surface area contributed by atoms with Crippen molar-refractivity contribution in [1.29, 1.82) is 0 Å². The summed E-state index contributed by atoms with van der Waals surface area (Å²) in [5, 5.41) is 0. The molecule has 1 fully saturated rings. The highest BCUT2D eigenvalue weighted by Crippen LogP contribution is 2.39. The van der Waals surface area contributed by atoms with E-state index in [1.165, 1.54) is 12.2 Å². The zero-order valence-corrected chi connectivity index (χ0v) is 9.00. The lowest BCUT2D eigenvalue weighted by Crippen LogP contribution is -2.20. The standard InChI is InChI=1S/C8H16OS2/c1-6(2)9-8-4-7(3)5-10-11-8/h6-8H,4-5H2,1-3H3. The van der Waals surface area contributed by atoms with E-state index < -0.39 is 0 Å². The lowest BCUT2D eigenvalue weighted by atomic mass is 10.1. The molecule has 11 heavy (non-hydrogen) atoms. The molecule has 0 spiro atoms. The van der Waals surface area contributed by atoms with Crippen molar-refractivity contribution in [3.63, 3.8) is 0 Å². The first-order valence-electron chi connectivity index (χ1n) is 4.12. The molecule has 1 saturated heterocycles. The van der Waals surface area contributed by atoms with Crippen molar-refractivity contribution in [3.05, 3.63) is 0 Å². The molecule has 1 heterocycles. The third-order valence-corrected chi connectivity index (χ3v) is 4.37. The molecule has 1 aliphatic heterocycles. The number of hydrogen-bond acceptors (Lipinski definition) is 3. The summed E-state index contributed by atoms with van der Waals surface area (Å²) in [6.45, 7) is 6.50. The minimum absolute atomic E-state index is 0.374. The fourth-order valence-electron chi connectivity index (χ4n) is 1.05. The Hall–Kier alpha value is 0.660. The molecule has 1 aliphatic rings. The van der Waals surface area contributed by atoms with Gasteiger partial charge in [-0.2, -0.15) is 0 Å². The molecule has 0 N–H and O–H groups in total. The average Bonchev–Trinajstić information content (AvgIpc) is 1.85. The van der Waals surface area contributed by atoms with Gasteiger partial charge < -0.3 is 4.74 Å². The first kappa shape index (κ1) is 9.75. The Morgan fingerprint density at radius 2 is 2.18 bits per heavy atom. The van der Waals surface area contributed by atoms with Gasteiger partial charge >= 0.3 is 0 Å². The number of rotatable bonds is 2. The van der Waals surface area contributed by atoms with Crippen LogP contribution in [0.4, 0.5) is 0 Å². The molecule has 2 atom stereocenters. The Kier molecular flexibility index (Phi) is 4.10. The Bertz CT molecular complexity index is 115. The summed E-state index contributed by atoms with van der Waals surface area (Å²) in [4.78, 5) is 0. The highest BCUT2D eigenvalue weighted by molar-refractivity contribution is 8.77. The normalized spacial score (nSPS) is 32.7. The lowest BCUT2D eigenvalue weighted by molar-refractivity contribution is 0.0493. The number of ether oxygens (including phenoxy) is 1. The molecule has 0 aliphatic carbocycles. The van der Waals surface area contributed by atoms with Crippen LogP contribution in [0.3, 0.4) is 0 Å². The van der Waals surface area contributed by atoms with Gasteiger partial charge in [0.2, 0.25) is 0 Å². The molecule has 0 aromatic heterocycles. The van der Waals surface area contributed by atoms with Gasteiger partial charge in [0.15, 0.2) is 0 Å². The van der Waals surface area contributed by atoms with Crippen molar-refractivity contribution in [2.45, 2.75) is 38.7 Å². The van der Waals surface area contributed by atoms with Crippen molar-refractivity contribution in [2.75, 3.05) is 5.75 Å². The second-order valence-corrected chi connectivity index (χ2v) is 5.91. The van der Waals surface area contributed by atoms with Crippen LogP contribution in [0.1, 0.15) is 27.2 Å². The Balaban J connectivity index is 2.23. The quantitative estimate of drug-likeness (QED) is 0.622. The minimum Gasteiger partial charge on any atom is -0.364 e. The van der Waals surface area contributed by atoms with Crippen LogP contribution in [0.25, 0.3) is 0 Å². The molecule has 1 nitrogen and oxygen atoms in total. The van der Waals surface area contributed by atoms with Crippen LogP contribution in [0, 0.1) is 5.92 Å². The molecule has 66 valence electrons. The van der Waals surface area contributed by atoms with E-state index in [1.807, 2.05) is 21.6 Å². The minimum atomic E-state index is 0.374. The summed E-state index contributed by atoms with van der Waals surface area (Å²) in [6.07, 6.45) is 1.59. The molecule has 2 unspecified atom stereocenters. The molecule has 0 aromatic rings. The van der Waals surface area contributed by atoms with Crippen LogP contribution in [0.5, 0.6) is 0 Å². The molecule has 0 saturated carbocycles. The van der Waals surface area contributed by atoms with E-state index in [4.69, 9.17) is 4.74 Å². The lowest BCUT2D eigenvalue weighted by Gasteiger charge is -2.26. The first-order valence-corrected chi connectivity index (χ1v) is 6.50. The van der Waals surface area contributed by atoms with E-state index in [-0.39, 0.29) is 0 Å². The van der Waals surface area contributed by atoms with Crippen molar-refractivity contribution < 1.29 is 4.74 Å². The van der Waals surface area contributed by atoms with Gasteiger partial charge in [0.25, 0.3) is 0 Å². The third-order valence-electron chi connectivity index (χ3n) is 1.55. The van der Waals surface area contributed by atoms with E-state index in [0.29, 0.717) is 11.5 Å². The highest BCUT2D eigenvalue weighted by atomic mass is 33.1. The Labute approximate surface area is 77.0 Å². The monoisotopic (exact) mass is 192 g/mol. The second-order valence-electron chi connectivity index (χ2n) is 3.34. The maximum absolute atomic E-state index is 5.70. The maximum atomic E-state index is 5.70. The predicted molar refractivity (Wildman–Crippen MR) is 53.8 cm³/mol. The summed E-state index contributed by atoms with van der Waals surface area (Å²) < 4.78 is 5.70. The SMILES string of the molecule is CC1CSSC(OC(C)C)C1. The van der Waals surface area contributed by atoms with E-state index in [0.717, 1.165) is 5.92 Å². The van der Waals surface area contributed by atoms with Crippen LogP contribution in [-0.2, 0) is 4.74 Å². The predicted octanol–water partition coefficient (Wildman–Crippen LogP) is 3.16. The molecule has 0 bridgehead atoms. The van der Waals surface area contributed by atoms with Crippen LogP contribution in [0.15, 0.2) is 0 Å². The van der Waals surface area contributed by atoms with Gasteiger partial charge in [-0.05, 0) is 26.2 Å². The number of hydrogen-bond donors (Lipinski definition) is 0. The summed E-state index contributed by atoms with van der Waals surface area (Å²) in [5.41, 5.74) is 0.434. The largest absolute Gasteiger partial charge is 0.364 e. The Morgan fingerprint density at radius 1 is 1.45 bits per heavy atom. The van der Waals surface area contributed by atoms with Gasteiger partial charge in [0.05, 0.1) is 6.10 Å². The molecule has 3 heteroatoms. The topological polar surface area (TPSA) is 9.23 Å². The van der Waals surface area contributed by atoms with Gasteiger partial charge in [-0.25, -0.2) is 0 Å². The van der Waals surface area contributed by atoms with Crippen molar-refractivity contribution in [3.8, 4) is 0 Å². The van der Waals surface area contributed by atoms with Crippen LogP contribution in [0.2, 0.25) is 0 Å². The molecular weight excluding hydrogens is 176 g/mol. The van der Waals surface area contributed by atoms with Gasteiger partial charge in [0.1, 0.15) is 5.44 Å². The van der Waals surface area contributed by atoms with Crippen LogP contribution in [-0.4, -0.2) is 17.3 Å². The zero-order valence-electron chi connectivity index (χ0n) is 7.37. The fraction of sp³-hybridized carbons (Fsp3) is 1.00. The fourth-order valence-corrected chi connectivity index (χ4v) is 4.08. The van der Waals surface area contributed by atoms with E-state index in [1.54, 1.807) is 0 Å². The highest BCUT2D eigenvalue weighted by Gasteiger charge is 2.21. The Morgan fingerprint density at radius 3 is 2.73 bits per heavy atom. The summed E-state index contributed by atoms with van der Waals surface area (Å²) in [6, 6.07) is 0. The van der Waals surface area contributed by atoms with Gasteiger partial charge in [-0.3, -0.25) is 0 Å². The third kappa shape index (κ3) is 3.72. The molecule has 0 aromatic carbocycles. The van der Waals surface area contributed by atoms with Crippen LogP contribution >= 0.6 is 21.6 Å². The van der Waals surface area contributed by atoms with Crippen molar-refractivity contribution in [1.82, 2.24) is 0 Å². The molecule has 0 radical (unpaired) electrons. The van der Waals surface area contributed by atoms with E-state index in [9.17, 15) is 0 Å². The zero-order chi connectivity index (χ0) is 8.27. The summed E-state index contributed by atoms with van der Waals surface area (Å²) in [5.74, 6) is 2.10. The van der Waals surface area contributed by atoms with Gasteiger partial charge in [-0.1, -0.05) is 28.5 Å². The maximum Gasteiger partial charge on any atom is 0.113 e.